The van der Waals surface area contributed by atoms with Crippen molar-refractivity contribution in [2.24, 2.45) is 0 Å². The van der Waals surface area contributed by atoms with Crippen molar-refractivity contribution in [1.82, 2.24) is 4.90 Å². The minimum atomic E-state index is -0.221. The fourth-order valence-electron chi connectivity index (χ4n) is 3.05. The van der Waals surface area contributed by atoms with Crippen molar-refractivity contribution in [2.45, 2.75) is 19.3 Å². The van der Waals surface area contributed by atoms with Crippen LogP contribution < -0.4 is 10.1 Å². The smallest absolute Gasteiger partial charge is 0.253 e. The molecule has 0 bridgehead atoms. The SMILES string of the molecule is COc1ccc(/C=C/C(=O)Nc2ccc(C(=O)N3CCCCC3)cc2)cc1. The molecular weight excluding hydrogens is 340 g/mol. The van der Waals surface area contributed by atoms with E-state index in [1.165, 1.54) is 12.5 Å². The van der Waals surface area contributed by atoms with Crippen LogP contribution in [0.2, 0.25) is 0 Å². The first-order valence-corrected chi connectivity index (χ1v) is 9.18. The highest BCUT2D eigenvalue weighted by Crippen LogP contribution is 2.16. The van der Waals surface area contributed by atoms with Crippen LogP contribution in [-0.4, -0.2) is 36.9 Å². The Morgan fingerprint density at radius 3 is 2.26 bits per heavy atom. The topological polar surface area (TPSA) is 58.6 Å². The molecule has 140 valence electrons. The fourth-order valence-corrected chi connectivity index (χ4v) is 3.05. The van der Waals surface area contributed by atoms with Crippen molar-refractivity contribution >= 4 is 23.6 Å². The molecule has 1 N–H and O–H groups in total. The Morgan fingerprint density at radius 2 is 1.63 bits per heavy atom. The summed E-state index contributed by atoms with van der Waals surface area (Å²) < 4.78 is 5.11. The van der Waals surface area contributed by atoms with Crippen molar-refractivity contribution < 1.29 is 14.3 Å². The molecule has 0 saturated carbocycles. The average Bonchev–Trinajstić information content (AvgIpc) is 2.73. The molecule has 0 atom stereocenters. The van der Waals surface area contributed by atoms with E-state index in [9.17, 15) is 9.59 Å². The number of benzene rings is 2. The van der Waals surface area contributed by atoms with Crippen LogP contribution in [0, 0.1) is 0 Å². The highest BCUT2D eigenvalue weighted by atomic mass is 16.5. The lowest BCUT2D eigenvalue weighted by molar-refractivity contribution is -0.111. The molecule has 1 heterocycles. The number of carbonyl (C=O) groups excluding carboxylic acids is 2. The minimum Gasteiger partial charge on any atom is -0.497 e. The zero-order chi connectivity index (χ0) is 19.1. The molecular formula is C22H24N2O3. The van der Waals surface area contributed by atoms with Crippen molar-refractivity contribution in [3.05, 3.63) is 65.7 Å². The predicted molar refractivity (Wildman–Crippen MR) is 107 cm³/mol. The van der Waals surface area contributed by atoms with Gasteiger partial charge in [-0.2, -0.15) is 0 Å². The monoisotopic (exact) mass is 364 g/mol. The summed E-state index contributed by atoms with van der Waals surface area (Å²) in [6.07, 6.45) is 6.55. The second-order valence-corrected chi connectivity index (χ2v) is 6.53. The predicted octanol–water partition coefficient (Wildman–Crippen LogP) is 3.97. The summed E-state index contributed by atoms with van der Waals surface area (Å²) in [6.45, 7) is 1.65. The van der Waals surface area contributed by atoms with Crippen molar-refractivity contribution in [1.29, 1.82) is 0 Å². The van der Waals surface area contributed by atoms with E-state index in [0.717, 1.165) is 37.2 Å². The summed E-state index contributed by atoms with van der Waals surface area (Å²) in [5.74, 6) is 0.615. The van der Waals surface area contributed by atoms with Crippen LogP contribution in [0.15, 0.2) is 54.6 Å². The van der Waals surface area contributed by atoms with E-state index in [-0.39, 0.29) is 11.8 Å². The van der Waals surface area contributed by atoms with Crippen LogP contribution in [0.4, 0.5) is 5.69 Å². The van der Waals surface area contributed by atoms with Gasteiger partial charge in [0.15, 0.2) is 0 Å². The Kier molecular flexibility index (Phi) is 6.26. The highest BCUT2D eigenvalue weighted by Gasteiger charge is 2.17. The van der Waals surface area contributed by atoms with Gasteiger partial charge in [-0.3, -0.25) is 9.59 Å². The summed E-state index contributed by atoms with van der Waals surface area (Å²) in [4.78, 5) is 26.4. The van der Waals surface area contributed by atoms with Gasteiger partial charge in [0.2, 0.25) is 5.91 Å². The van der Waals surface area contributed by atoms with E-state index >= 15 is 0 Å². The van der Waals surface area contributed by atoms with Gasteiger partial charge in [0.25, 0.3) is 5.91 Å². The third-order valence-electron chi connectivity index (χ3n) is 4.59. The summed E-state index contributed by atoms with van der Waals surface area (Å²) in [6, 6.07) is 14.5. The molecule has 1 aliphatic rings. The number of rotatable bonds is 5. The van der Waals surface area contributed by atoms with E-state index in [4.69, 9.17) is 4.74 Å². The van der Waals surface area contributed by atoms with Crippen molar-refractivity contribution in [3.8, 4) is 5.75 Å². The van der Waals surface area contributed by atoms with Gasteiger partial charge in [-0.25, -0.2) is 0 Å². The maximum Gasteiger partial charge on any atom is 0.253 e. The number of nitrogens with one attached hydrogen (secondary N) is 1. The molecule has 1 fully saturated rings. The van der Waals surface area contributed by atoms with Gasteiger partial charge in [-0.1, -0.05) is 12.1 Å². The van der Waals surface area contributed by atoms with Crippen LogP contribution in [-0.2, 0) is 4.79 Å². The van der Waals surface area contributed by atoms with Gasteiger partial charge >= 0.3 is 0 Å². The van der Waals surface area contributed by atoms with E-state index in [0.29, 0.717) is 11.3 Å². The lowest BCUT2D eigenvalue weighted by Crippen LogP contribution is -2.35. The first-order chi connectivity index (χ1) is 13.2. The first-order valence-electron chi connectivity index (χ1n) is 9.18. The number of hydrogen-bond acceptors (Lipinski definition) is 3. The number of nitrogens with zero attached hydrogens (tertiary/aromatic N) is 1. The Hall–Kier alpha value is -3.08. The van der Waals surface area contributed by atoms with Crippen molar-refractivity contribution in [3.63, 3.8) is 0 Å². The minimum absolute atomic E-state index is 0.0620. The van der Waals surface area contributed by atoms with Crippen molar-refractivity contribution in [2.75, 3.05) is 25.5 Å². The third kappa shape index (κ3) is 5.20. The Morgan fingerprint density at radius 1 is 0.963 bits per heavy atom. The van der Waals surface area contributed by atoms with E-state index in [1.54, 1.807) is 37.5 Å². The Labute approximate surface area is 159 Å². The molecule has 1 saturated heterocycles. The molecule has 3 rings (SSSR count). The van der Waals surface area contributed by atoms with Gasteiger partial charge in [0.05, 0.1) is 7.11 Å². The molecule has 0 spiro atoms. The maximum atomic E-state index is 12.5. The number of anilines is 1. The third-order valence-corrected chi connectivity index (χ3v) is 4.59. The molecule has 5 nitrogen and oxygen atoms in total. The zero-order valence-corrected chi connectivity index (χ0v) is 15.5. The molecule has 2 aromatic rings. The van der Waals surface area contributed by atoms with Crippen LogP contribution in [0.5, 0.6) is 5.75 Å². The molecule has 0 radical (unpaired) electrons. The standard InChI is InChI=1S/C22H24N2O3/c1-27-20-12-5-17(6-13-20)7-14-21(25)23-19-10-8-18(9-11-19)22(26)24-15-3-2-4-16-24/h5-14H,2-4,15-16H2,1H3,(H,23,25)/b14-7+. The number of carbonyl (C=O) groups is 2. The normalized spacial score (nSPS) is 14.2. The lowest BCUT2D eigenvalue weighted by Gasteiger charge is -2.26. The second-order valence-electron chi connectivity index (χ2n) is 6.53. The molecule has 0 unspecified atom stereocenters. The zero-order valence-electron chi connectivity index (χ0n) is 15.5. The molecule has 2 amide bonds. The first kappa shape index (κ1) is 18.7. The van der Waals surface area contributed by atoms with Gasteiger partial charge in [-0.15, -0.1) is 0 Å². The summed E-state index contributed by atoms with van der Waals surface area (Å²) >= 11 is 0. The molecule has 1 aliphatic heterocycles. The summed E-state index contributed by atoms with van der Waals surface area (Å²) in [5, 5.41) is 2.81. The summed E-state index contributed by atoms with van der Waals surface area (Å²) in [5.41, 5.74) is 2.23. The van der Waals surface area contributed by atoms with Crippen LogP contribution >= 0.6 is 0 Å². The van der Waals surface area contributed by atoms with Gasteiger partial charge < -0.3 is 15.0 Å². The van der Waals surface area contributed by atoms with E-state index < -0.39 is 0 Å². The molecule has 5 heteroatoms. The number of likely N-dealkylation sites (tertiary alicyclic amines) is 1. The molecule has 0 aliphatic carbocycles. The maximum absolute atomic E-state index is 12.5. The quantitative estimate of drug-likeness (QED) is 0.817. The summed E-state index contributed by atoms with van der Waals surface area (Å²) in [7, 11) is 1.61. The highest BCUT2D eigenvalue weighted by molar-refractivity contribution is 6.02. The van der Waals surface area contributed by atoms with Crippen LogP contribution in [0.3, 0.4) is 0 Å². The second kappa shape index (κ2) is 9.03. The fraction of sp³-hybridized carbons (Fsp3) is 0.273. The Balaban J connectivity index is 1.56. The lowest BCUT2D eigenvalue weighted by atomic mass is 10.1. The largest absolute Gasteiger partial charge is 0.497 e. The molecule has 27 heavy (non-hydrogen) atoms. The van der Waals surface area contributed by atoms with Gasteiger partial charge in [0.1, 0.15) is 5.75 Å². The van der Waals surface area contributed by atoms with E-state index in [2.05, 4.69) is 5.32 Å². The van der Waals surface area contributed by atoms with Crippen LogP contribution in [0.1, 0.15) is 35.2 Å². The van der Waals surface area contributed by atoms with Gasteiger partial charge in [-0.05, 0) is 67.3 Å². The van der Waals surface area contributed by atoms with E-state index in [1.807, 2.05) is 29.2 Å². The number of ether oxygens (including phenoxy) is 1. The molecule has 0 aromatic heterocycles. The average molecular weight is 364 g/mol. The van der Waals surface area contributed by atoms with Gasteiger partial charge in [0, 0.05) is 30.4 Å². The number of piperidine rings is 1. The van der Waals surface area contributed by atoms with Crippen LogP contribution in [0.25, 0.3) is 6.08 Å². The molecule has 2 aromatic carbocycles. The number of methoxy groups -OCH3 is 1. The number of amides is 2. The Bertz CT molecular complexity index is 804. The number of hydrogen-bond donors (Lipinski definition) is 1.